The fourth-order valence-corrected chi connectivity index (χ4v) is 3.12. The van der Waals surface area contributed by atoms with Gasteiger partial charge in [0.15, 0.2) is 0 Å². The van der Waals surface area contributed by atoms with Crippen LogP contribution in [0.5, 0.6) is 0 Å². The highest BCUT2D eigenvalue weighted by atomic mass is 79.9. The fraction of sp³-hybridized carbons (Fsp3) is 0.0625. The van der Waals surface area contributed by atoms with Gasteiger partial charge in [0, 0.05) is 27.1 Å². The van der Waals surface area contributed by atoms with Gasteiger partial charge in [-0.15, -0.1) is 0 Å². The van der Waals surface area contributed by atoms with Crippen LogP contribution in [-0.4, -0.2) is 4.98 Å². The summed E-state index contributed by atoms with van der Waals surface area (Å²) >= 11 is 6.88. The van der Waals surface area contributed by atoms with Crippen molar-refractivity contribution in [3.8, 4) is 0 Å². The molecule has 2 aromatic carbocycles. The minimum Gasteiger partial charge on any atom is -0.378 e. The summed E-state index contributed by atoms with van der Waals surface area (Å²) in [6, 6.07) is 12.8. The molecule has 3 rings (SSSR count). The van der Waals surface area contributed by atoms with E-state index in [1.54, 1.807) is 12.3 Å². The van der Waals surface area contributed by atoms with Crippen LogP contribution in [-0.2, 0) is 6.54 Å². The first kappa shape index (κ1) is 14.5. The van der Waals surface area contributed by atoms with Crippen LogP contribution in [0.2, 0.25) is 0 Å². The van der Waals surface area contributed by atoms with Crippen LogP contribution >= 0.6 is 31.9 Å². The lowest BCUT2D eigenvalue weighted by molar-refractivity contribution is 0.629. The molecule has 0 aliphatic heterocycles. The Bertz CT molecular complexity index is 785. The molecule has 0 aliphatic rings. The van der Waals surface area contributed by atoms with Crippen molar-refractivity contribution in [1.29, 1.82) is 0 Å². The van der Waals surface area contributed by atoms with Crippen molar-refractivity contribution in [3.05, 3.63) is 69.0 Å². The summed E-state index contributed by atoms with van der Waals surface area (Å²) in [5.74, 6) is -0.279. The summed E-state index contributed by atoms with van der Waals surface area (Å²) in [6.07, 6.45) is 1.76. The van der Waals surface area contributed by atoms with E-state index in [1.165, 1.54) is 6.07 Å². The van der Waals surface area contributed by atoms with E-state index in [0.717, 1.165) is 20.9 Å². The smallest absolute Gasteiger partial charge is 0.147 e. The summed E-state index contributed by atoms with van der Waals surface area (Å²) in [6.45, 7) is 0.500. The lowest BCUT2D eigenvalue weighted by atomic mass is 10.1. The summed E-state index contributed by atoms with van der Waals surface area (Å²) in [7, 11) is 0. The molecule has 0 saturated carbocycles. The Hall–Kier alpha value is -1.46. The molecular weight excluding hydrogens is 399 g/mol. The van der Waals surface area contributed by atoms with Crippen LogP contribution in [0, 0.1) is 5.82 Å². The number of pyridine rings is 1. The van der Waals surface area contributed by atoms with Crippen LogP contribution in [0.15, 0.2) is 57.6 Å². The molecule has 0 fully saturated rings. The first-order valence-corrected chi connectivity index (χ1v) is 7.95. The zero-order valence-corrected chi connectivity index (χ0v) is 14.1. The summed E-state index contributed by atoms with van der Waals surface area (Å²) in [4.78, 5) is 4.42. The number of halogens is 3. The third-order valence-electron chi connectivity index (χ3n) is 3.22. The second-order valence-corrected chi connectivity index (χ2v) is 6.26. The Balaban J connectivity index is 1.94. The minimum atomic E-state index is -0.279. The number of hydrogen-bond acceptors (Lipinski definition) is 2. The number of hydrogen-bond donors (Lipinski definition) is 1. The van der Waals surface area contributed by atoms with E-state index in [4.69, 9.17) is 0 Å². The molecular formula is C16H11Br2FN2. The first-order chi connectivity index (χ1) is 10.2. The van der Waals surface area contributed by atoms with Crippen molar-refractivity contribution in [2.45, 2.75) is 6.54 Å². The number of rotatable bonds is 3. The Morgan fingerprint density at radius 2 is 1.86 bits per heavy atom. The maximum Gasteiger partial charge on any atom is 0.147 e. The van der Waals surface area contributed by atoms with Crippen molar-refractivity contribution in [3.63, 3.8) is 0 Å². The molecule has 1 aromatic heterocycles. The quantitative estimate of drug-likeness (QED) is 0.616. The van der Waals surface area contributed by atoms with E-state index in [-0.39, 0.29) is 5.82 Å². The zero-order valence-electron chi connectivity index (χ0n) is 10.9. The second-order valence-electron chi connectivity index (χ2n) is 4.56. The third-order valence-corrected chi connectivity index (χ3v) is 4.57. The van der Waals surface area contributed by atoms with Gasteiger partial charge in [-0.05, 0) is 45.8 Å². The Morgan fingerprint density at radius 3 is 2.67 bits per heavy atom. The number of fused-ring (bicyclic) bond motifs is 1. The number of benzene rings is 2. The predicted octanol–water partition coefficient (Wildman–Crippen LogP) is 5.51. The Morgan fingerprint density at radius 1 is 1.00 bits per heavy atom. The van der Waals surface area contributed by atoms with Crippen LogP contribution in [0.25, 0.3) is 10.9 Å². The minimum absolute atomic E-state index is 0.279. The van der Waals surface area contributed by atoms with Gasteiger partial charge < -0.3 is 5.32 Å². The summed E-state index contributed by atoms with van der Waals surface area (Å²) in [5.41, 5.74) is 2.39. The van der Waals surface area contributed by atoms with Crippen molar-refractivity contribution >= 4 is 48.5 Å². The van der Waals surface area contributed by atoms with Gasteiger partial charge in [-0.2, -0.15) is 0 Å². The maximum absolute atomic E-state index is 13.8. The van der Waals surface area contributed by atoms with Gasteiger partial charge in [-0.25, -0.2) is 4.39 Å². The molecule has 0 amide bonds. The molecule has 3 aromatic rings. The van der Waals surface area contributed by atoms with Crippen molar-refractivity contribution in [1.82, 2.24) is 4.98 Å². The number of nitrogens with zero attached hydrogens (tertiary/aromatic N) is 1. The standard InChI is InChI=1S/C16H11Br2FN2/c17-12-7-6-10(15-11(12)3-2-8-20-15)9-21-16-13(18)4-1-5-14(16)19/h1-8,21H,9H2. The summed E-state index contributed by atoms with van der Waals surface area (Å²) < 4.78 is 15.5. The van der Waals surface area contributed by atoms with Crippen LogP contribution < -0.4 is 5.32 Å². The van der Waals surface area contributed by atoms with Gasteiger partial charge in [0.25, 0.3) is 0 Å². The van der Waals surface area contributed by atoms with E-state index in [2.05, 4.69) is 42.2 Å². The Kier molecular flexibility index (Phi) is 4.22. The molecule has 0 spiro atoms. The predicted molar refractivity (Wildman–Crippen MR) is 90.9 cm³/mol. The normalized spacial score (nSPS) is 10.8. The number of aromatic nitrogens is 1. The SMILES string of the molecule is Fc1cccc(Br)c1NCc1ccc(Br)c2cccnc12. The number of anilines is 1. The molecule has 1 heterocycles. The molecule has 1 N–H and O–H groups in total. The molecule has 0 aliphatic carbocycles. The van der Waals surface area contributed by atoms with Gasteiger partial charge in [0.2, 0.25) is 0 Å². The molecule has 106 valence electrons. The largest absolute Gasteiger partial charge is 0.378 e. The number of para-hydroxylation sites is 1. The van der Waals surface area contributed by atoms with Gasteiger partial charge >= 0.3 is 0 Å². The molecule has 0 bridgehead atoms. The molecule has 0 saturated heterocycles. The highest BCUT2D eigenvalue weighted by Gasteiger charge is 2.09. The maximum atomic E-state index is 13.8. The highest BCUT2D eigenvalue weighted by molar-refractivity contribution is 9.11. The third kappa shape index (κ3) is 2.94. The highest BCUT2D eigenvalue weighted by Crippen LogP contribution is 2.28. The van der Waals surface area contributed by atoms with Gasteiger partial charge in [-0.1, -0.05) is 34.1 Å². The molecule has 0 unspecified atom stereocenters. The van der Waals surface area contributed by atoms with Crippen LogP contribution in [0.4, 0.5) is 10.1 Å². The second kappa shape index (κ2) is 6.12. The van der Waals surface area contributed by atoms with Crippen molar-refractivity contribution in [2.75, 3.05) is 5.32 Å². The topological polar surface area (TPSA) is 24.9 Å². The van der Waals surface area contributed by atoms with Crippen molar-refractivity contribution < 1.29 is 4.39 Å². The van der Waals surface area contributed by atoms with E-state index in [1.807, 2.05) is 30.3 Å². The molecule has 21 heavy (non-hydrogen) atoms. The van der Waals surface area contributed by atoms with Crippen LogP contribution in [0.3, 0.4) is 0 Å². The van der Waals surface area contributed by atoms with Gasteiger partial charge in [-0.3, -0.25) is 4.98 Å². The average Bonchev–Trinajstić information content (AvgIpc) is 2.49. The molecule has 2 nitrogen and oxygen atoms in total. The number of nitrogens with one attached hydrogen (secondary N) is 1. The monoisotopic (exact) mass is 408 g/mol. The summed E-state index contributed by atoms with van der Waals surface area (Å²) in [5, 5.41) is 4.18. The van der Waals surface area contributed by atoms with Gasteiger partial charge in [0.05, 0.1) is 11.2 Å². The first-order valence-electron chi connectivity index (χ1n) is 6.37. The lowest BCUT2D eigenvalue weighted by Crippen LogP contribution is -2.03. The van der Waals surface area contributed by atoms with Crippen LogP contribution in [0.1, 0.15) is 5.56 Å². The van der Waals surface area contributed by atoms with E-state index < -0.39 is 0 Å². The molecule has 5 heteroatoms. The van der Waals surface area contributed by atoms with E-state index in [9.17, 15) is 4.39 Å². The molecule has 0 atom stereocenters. The van der Waals surface area contributed by atoms with E-state index >= 15 is 0 Å². The fourth-order valence-electron chi connectivity index (χ4n) is 2.19. The van der Waals surface area contributed by atoms with Crippen molar-refractivity contribution in [2.24, 2.45) is 0 Å². The van der Waals surface area contributed by atoms with Gasteiger partial charge in [0.1, 0.15) is 5.82 Å². The lowest BCUT2D eigenvalue weighted by Gasteiger charge is -2.11. The molecule has 0 radical (unpaired) electrons. The Labute approximate surface area is 138 Å². The zero-order chi connectivity index (χ0) is 14.8. The van der Waals surface area contributed by atoms with E-state index in [0.29, 0.717) is 16.7 Å². The average molecular weight is 410 g/mol.